The van der Waals surface area contributed by atoms with Crippen LogP contribution in [0.1, 0.15) is 17.5 Å². The van der Waals surface area contributed by atoms with Crippen LogP contribution >= 0.6 is 11.6 Å². The summed E-state index contributed by atoms with van der Waals surface area (Å²) >= 11 is 6.06. The van der Waals surface area contributed by atoms with Crippen LogP contribution in [0.5, 0.6) is 0 Å². The van der Waals surface area contributed by atoms with Gasteiger partial charge in [-0.3, -0.25) is 4.79 Å². The Morgan fingerprint density at radius 3 is 2.75 bits per heavy atom. The summed E-state index contributed by atoms with van der Waals surface area (Å²) in [5.74, 6) is -0.507. The molecular formula is C18H16ClFN2O2. The van der Waals surface area contributed by atoms with E-state index in [4.69, 9.17) is 16.4 Å². The minimum Gasteiger partial charge on any atom is -0.382 e. The number of halogens is 2. The van der Waals surface area contributed by atoms with E-state index in [-0.39, 0.29) is 11.7 Å². The first-order chi connectivity index (χ1) is 11.6. The number of oxime groups is 1. The smallest absolute Gasteiger partial charge is 0.264 e. The van der Waals surface area contributed by atoms with Gasteiger partial charge in [-0.05, 0) is 29.3 Å². The van der Waals surface area contributed by atoms with E-state index in [1.54, 1.807) is 18.2 Å². The van der Waals surface area contributed by atoms with Gasteiger partial charge in [0.05, 0.1) is 5.71 Å². The highest BCUT2D eigenvalue weighted by molar-refractivity contribution is 6.31. The largest absolute Gasteiger partial charge is 0.382 e. The Morgan fingerprint density at radius 2 is 2.00 bits per heavy atom. The minimum absolute atomic E-state index is 0.229. The standard InChI is InChI=1S/C18H16ClFN2O2/c19-16-4-2-1-3-13(16)11-21-18(23)17-10-15(22-24-17)9-12-5-7-14(20)8-6-12/h1-8,17H,9-11H2,(H,21,23). The highest BCUT2D eigenvalue weighted by Gasteiger charge is 2.27. The lowest BCUT2D eigenvalue weighted by Crippen LogP contribution is -2.34. The highest BCUT2D eigenvalue weighted by Crippen LogP contribution is 2.17. The molecule has 0 radical (unpaired) electrons. The van der Waals surface area contributed by atoms with Crippen molar-refractivity contribution in [1.82, 2.24) is 5.32 Å². The first-order valence-corrected chi connectivity index (χ1v) is 7.97. The van der Waals surface area contributed by atoms with Gasteiger partial charge in [-0.2, -0.15) is 0 Å². The minimum atomic E-state index is -0.636. The van der Waals surface area contributed by atoms with Crippen molar-refractivity contribution in [2.45, 2.75) is 25.5 Å². The van der Waals surface area contributed by atoms with Crippen LogP contribution in [0.2, 0.25) is 5.02 Å². The van der Waals surface area contributed by atoms with Crippen molar-refractivity contribution in [3.63, 3.8) is 0 Å². The summed E-state index contributed by atoms with van der Waals surface area (Å²) in [5, 5.41) is 7.38. The Labute approximate surface area is 144 Å². The van der Waals surface area contributed by atoms with Crippen molar-refractivity contribution in [2.75, 3.05) is 0 Å². The second-order valence-corrected chi connectivity index (χ2v) is 5.98. The number of benzene rings is 2. The van der Waals surface area contributed by atoms with Gasteiger partial charge >= 0.3 is 0 Å². The van der Waals surface area contributed by atoms with E-state index in [2.05, 4.69) is 10.5 Å². The average molecular weight is 347 g/mol. The molecule has 0 aliphatic carbocycles. The lowest BCUT2D eigenvalue weighted by molar-refractivity contribution is -0.131. The molecule has 1 atom stereocenters. The number of amides is 1. The molecule has 0 spiro atoms. The van der Waals surface area contributed by atoms with Crippen molar-refractivity contribution < 1.29 is 14.0 Å². The fourth-order valence-corrected chi connectivity index (χ4v) is 2.65. The Hall–Kier alpha value is -2.40. The van der Waals surface area contributed by atoms with Crippen molar-refractivity contribution in [3.8, 4) is 0 Å². The summed E-state index contributed by atoms with van der Waals surface area (Å²) in [6, 6.07) is 13.5. The quantitative estimate of drug-likeness (QED) is 0.901. The van der Waals surface area contributed by atoms with Crippen LogP contribution < -0.4 is 5.32 Å². The third-order valence-electron chi connectivity index (χ3n) is 3.75. The first-order valence-electron chi connectivity index (χ1n) is 7.59. The number of rotatable bonds is 5. The lowest BCUT2D eigenvalue weighted by Gasteiger charge is -2.10. The van der Waals surface area contributed by atoms with Gasteiger partial charge in [-0.1, -0.05) is 47.1 Å². The van der Waals surface area contributed by atoms with Crippen molar-refractivity contribution in [2.24, 2.45) is 5.16 Å². The fourth-order valence-electron chi connectivity index (χ4n) is 2.45. The number of carbonyl (C=O) groups excluding carboxylic acids is 1. The van der Waals surface area contributed by atoms with Gasteiger partial charge in [0.15, 0.2) is 0 Å². The Balaban J connectivity index is 1.50. The molecular weight excluding hydrogens is 331 g/mol. The van der Waals surface area contributed by atoms with Crippen LogP contribution in [0.3, 0.4) is 0 Å². The van der Waals surface area contributed by atoms with Gasteiger partial charge in [0, 0.05) is 24.4 Å². The van der Waals surface area contributed by atoms with Crippen LogP contribution in [0, 0.1) is 5.82 Å². The molecule has 0 saturated heterocycles. The zero-order valence-corrected chi connectivity index (χ0v) is 13.6. The molecule has 0 aromatic heterocycles. The molecule has 0 saturated carbocycles. The molecule has 3 rings (SSSR count). The van der Waals surface area contributed by atoms with Crippen LogP contribution in [0.4, 0.5) is 4.39 Å². The molecule has 1 unspecified atom stereocenters. The van der Waals surface area contributed by atoms with Crippen LogP contribution in [-0.2, 0) is 22.6 Å². The number of nitrogens with zero attached hydrogens (tertiary/aromatic N) is 1. The second-order valence-electron chi connectivity index (χ2n) is 5.57. The van der Waals surface area contributed by atoms with Gasteiger partial charge in [-0.25, -0.2) is 4.39 Å². The SMILES string of the molecule is O=C(NCc1ccccc1Cl)C1CC(Cc2ccc(F)cc2)=NO1. The normalized spacial score (nSPS) is 16.4. The predicted molar refractivity (Wildman–Crippen MR) is 90.3 cm³/mol. The van der Waals surface area contributed by atoms with E-state index in [1.165, 1.54) is 12.1 Å². The predicted octanol–water partition coefficient (Wildman–Crippen LogP) is 3.48. The maximum atomic E-state index is 12.9. The monoisotopic (exact) mass is 346 g/mol. The summed E-state index contributed by atoms with van der Waals surface area (Å²) in [7, 11) is 0. The maximum Gasteiger partial charge on any atom is 0.264 e. The highest BCUT2D eigenvalue weighted by atomic mass is 35.5. The first kappa shape index (κ1) is 16.5. The van der Waals surface area contributed by atoms with E-state index in [0.717, 1.165) is 16.8 Å². The maximum absolute atomic E-state index is 12.9. The van der Waals surface area contributed by atoms with Gasteiger partial charge in [0.25, 0.3) is 5.91 Å². The van der Waals surface area contributed by atoms with E-state index in [1.807, 2.05) is 18.2 Å². The number of nitrogens with one attached hydrogen (secondary N) is 1. The summed E-state index contributed by atoms with van der Waals surface area (Å²) in [6.07, 6.45) is 0.322. The molecule has 1 aliphatic rings. The molecule has 2 aromatic rings. The Morgan fingerprint density at radius 1 is 1.25 bits per heavy atom. The van der Waals surface area contributed by atoms with Crippen molar-refractivity contribution in [1.29, 1.82) is 0 Å². The third-order valence-corrected chi connectivity index (χ3v) is 4.12. The van der Waals surface area contributed by atoms with Gasteiger partial charge in [0.2, 0.25) is 6.10 Å². The summed E-state index contributed by atoms with van der Waals surface area (Å²) in [6.45, 7) is 0.339. The molecule has 1 aliphatic heterocycles. The van der Waals surface area contributed by atoms with E-state index >= 15 is 0 Å². The van der Waals surface area contributed by atoms with Crippen LogP contribution in [0.15, 0.2) is 53.7 Å². The molecule has 124 valence electrons. The summed E-state index contributed by atoms with van der Waals surface area (Å²) in [5.41, 5.74) is 2.54. The van der Waals surface area contributed by atoms with Crippen molar-refractivity contribution in [3.05, 3.63) is 70.5 Å². The lowest BCUT2D eigenvalue weighted by atomic mass is 10.0. The van der Waals surface area contributed by atoms with Crippen LogP contribution in [0.25, 0.3) is 0 Å². The average Bonchev–Trinajstić information content (AvgIpc) is 3.05. The zero-order valence-electron chi connectivity index (χ0n) is 12.8. The molecule has 2 aromatic carbocycles. The van der Waals surface area contributed by atoms with Crippen molar-refractivity contribution >= 4 is 23.2 Å². The molecule has 0 bridgehead atoms. The molecule has 0 fully saturated rings. The third kappa shape index (κ3) is 4.11. The molecule has 24 heavy (non-hydrogen) atoms. The van der Waals surface area contributed by atoms with E-state index < -0.39 is 6.10 Å². The molecule has 1 heterocycles. The van der Waals surface area contributed by atoms with Crippen LogP contribution in [-0.4, -0.2) is 17.7 Å². The molecule has 4 nitrogen and oxygen atoms in total. The Kier molecular flexibility index (Phi) is 5.11. The zero-order chi connectivity index (χ0) is 16.9. The molecule has 1 N–H and O–H groups in total. The van der Waals surface area contributed by atoms with E-state index in [0.29, 0.717) is 24.4 Å². The topological polar surface area (TPSA) is 50.7 Å². The summed E-state index contributed by atoms with van der Waals surface area (Å²) in [4.78, 5) is 17.4. The summed E-state index contributed by atoms with van der Waals surface area (Å²) < 4.78 is 12.9. The molecule has 6 heteroatoms. The van der Waals surface area contributed by atoms with E-state index in [9.17, 15) is 9.18 Å². The number of hydrogen-bond acceptors (Lipinski definition) is 3. The Bertz CT molecular complexity index is 762. The number of hydrogen-bond donors (Lipinski definition) is 1. The molecule has 1 amide bonds. The van der Waals surface area contributed by atoms with Gasteiger partial charge < -0.3 is 10.2 Å². The van der Waals surface area contributed by atoms with Gasteiger partial charge in [-0.15, -0.1) is 0 Å². The second kappa shape index (κ2) is 7.45. The number of carbonyl (C=O) groups is 1. The fraction of sp³-hybridized carbons (Fsp3) is 0.222. The van der Waals surface area contributed by atoms with Gasteiger partial charge in [0.1, 0.15) is 5.82 Å².